The monoisotopic (exact) mass is 359 g/mol. The molecule has 1 atom stereocenters. The molecule has 1 unspecified atom stereocenters. The van der Waals surface area contributed by atoms with Gasteiger partial charge < -0.3 is 15.8 Å². The van der Waals surface area contributed by atoms with Gasteiger partial charge in [0, 0.05) is 25.7 Å². The van der Waals surface area contributed by atoms with E-state index < -0.39 is 6.36 Å². The van der Waals surface area contributed by atoms with E-state index in [1.54, 1.807) is 0 Å². The normalized spacial score (nSPS) is 21.0. The molecule has 1 fully saturated rings. The summed E-state index contributed by atoms with van der Waals surface area (Å²) in [4.78, 5) is 14.1. The van der Waals surface area contributed by atoms with Crippen LogP contribution in [0.2, 0.25) is 0 Å². The Balaban J connectivity index is 1.78. The molecule has 0 bridgehead atoms. The van der Waals surface area contributed by atoms with Crippen molar-refractivity contribution in [2.24, 2.45) is 11.1 Å². The Morgan fingerprint density at radius 3 is 2.56 bits per heavy atom. The molecule has 5 nitrogen and oxygen atoms in total. The molecule has 1 aromatic carbocycles. The summed E-state index contributed by atoms with van der Waals surface area (Å²) in [5.41, 5.74) is 6.75. The largest absolute Gasteiger partial charge is 0.573 e. The van der Waals surface area contributed by atoms with Gasteiger partial charge in [-0.25, -0.2) is 0 Å². The first-order valence-electron chi connectivity index (χ1n) is 8.14. The van der Waals surface area contributed by atoms with Gasteiger partial charge >= 0.3 is 6.36 Å². The topological polar surface area (TPSA) is 67.6 Å². The first kappa shape index (κ1) is 19.5. The highest BCUT2D eigenvalue weighted by atomic mass is 19.4. The number of nitrogens with two attached hydrogens (primary N) is 1. The van der Waals surface area contributed by atoms with E-state index in [1.165, 1.54) is 24.3 Å². The molecule has 140 valence electrons. The van der Waals surface area contributed by atoms with Crippen molar-refractivity contribution in [2.45, 2.75) is 39.2 Å². The maximum Gasteiger partial charge on any atom is 0.573 e. The fourth-order valence-electron chi connectivity index (χ4n) is 2.89. The zero-order valence-corrected chi connectivity index (χ0v) is 14.4. The minimum absolute atomic E-state index is 0.0349. The van der Waals surface area contributed by atoms with Crippen LogP contribution in [0, 0.1) is 5.41 Å². The lowest BCUT2D eigenvalue weighted by atomic mass is 9.80. The quantitative estimate of drug-likeness (QED) is 0.846. The van der Waals surface area contributed by atoms with Gasteiger partial charge in [-0.1, -0.05) is 26.0 Å². The fraction of sp³-hybridized carbons (Fsp3) is 0.588. The molecule has 0 spiro atoms. The highest BCUT2D eigenvalue weighted by molar-refractivity contribution is 5.78. The van der Waals surface area contributed by atoms with Gasteiger partial charge in [0.15, 0.2) is 0 Å². The smallest absolute Gasteiger partial charge is 0.406 e. The molecule has 0 aromatic heterocycles. The van der Waals surface area contributed by atoms with Crippen molar-refractivity contribution < 1.29 is 22.7 Å². The number of likely N-dealkylation sites (tertiary alicyclic amines) is 1. The van der Waals surface area contributed by atoms with E-state index in [1.807, 2.05) is 0 Å². The third kappa shape index (κ3) is 6.21. The molecule has 1 aliphatic rings. The molecule has 1 aliphatic heterocycles. The number of benzene rings is 1. The van der Waals surface area contributed by atoms with E-state index in [0.717, 1.165) is 19.5 Å². The van der Waals surface area contributed by atoms with Crippen LogP contribution >= 0.6 is 0 Å². The Hall–Kier alpha value is -1.80. The molecule has 25 heavy (non-hydrogen) atoms. The molecule has 8 heteroatoms. The van der Waals surface area contributed by atoms with Gasteiger partial charge in [0.05, 0.1) is 6.54 Å². The maximum absolute atomic E-state index is 12.1. The van der Waals surface area contributed by atoms with Crippen LogP contribution in [-0.4, -0.2) is 42.8 Å². The third-order valence-electron chi connectivity index (χ3n) is 4.41. The minimum Gasteiger partial charge on any atom is -0.406 e. The average molecular weight is 359 g/mol. The summed E-state index contributed by atoms with van der Waals surface area (Å²) >= 11 is 0. The van der Waals surface area contributed by atoms with Crippen molar-refractivity contribution in [3.63, 3.8) is 0 Å². The first-order valence-corrected chi connectivity index (χ1v) is 8.14. The van der Waals surface area contributed by atoms with Gasteiger partial charge in [0.25, 0.3) is 0 Å². The van der Waals surface area contributed by atoms with Gasteiger partial charge in [-0.2, -0.15) is 0 Å². The Labute approximate surface area is 145 Å². The molecule has 0 aliphatic carbocycles. The van der Waals surface area contributed by atoms with Crippen molar-refractivity contribution in [1.82, 2.24) is 10.2 Å². The Bertz CT molecular complexity index is 588. The molecule has 0 saturated carbocycles. The Morgan fingerprint density at radius 1 is 1.36 bits per heavy atom. The number of nitrogens with zero attached hydrogens (tertiary/aromatic N) is 1. The van der Waals surface area contributed by atoms with Gasteiger partial charge in [-0.15, -0.1) is 13.2 Å². The summed E-state index contributed by atoms with van der Waals surface area (Å²) in [6, 6.07) is 5.56. The zero-order chi connectivity index (χ0) is 18.7. The lowest BCUT2D eigenvalue weighted by Crippen LogP contribution is -2.54. The third-order valence-corrected chi connectivity index (χ3v) is 4.41. The number of hydrogen-bond acceptors (Lipinski definition) is 4. The lowest BCUT2D eigenvalue weighted by Gasteiger charge is -2.42. The maximum atomic E-state index is 12.1. The number of carbonyl (C=O) groups excluding carboxylic acids is 1. The molecule has 2 rings (SSSR count). The molecule has 1 heterocycles. The Morgan fingerprint density at radius 2 is 2.00 bits per heavy atom. The van der Waals surface area contributed by atoms with Gasteiger partial charge in [0.2, 0.25) is 5.91 Å². The van der Waals surface area contributed by atoms with Crippen molar-refractivity contribution in [3.05, 3.63) is 29.8 Å². The number of alkyl halides is 3. The van der Waals surface area contributed by atoms with Crippen molar-refractivity contribution in [1.29, 1.82) is 0 Å². The van der Waals surface area contributed by atoms with E-state index in [-0.39, 0.29) is 36.2 Å². The van der Waals surface area contributed by atoms with Crippen LogP contribution in [0.1, 0.15) is 25.8 Å². The van der Waals surface area contributed by atoms with Gasteiger partial charge in [0.1, 0.15) is 5.75 Å². The highest BCUT2D eigenvalue weighted by Crippen LogP contribution is 2.27. The van der Waals surface area contributed by atoms with Crippen molar-refractivity contribution in [3.8, 4) is 5.75 Å². The number of rotatable bonds is 5. The number of hydrogen-bond donors (Lipinski definition) is 2. The van der Waals surface area contributed by atoms with E-state index >= 15 is 0 Å². The number of amides is 1. The predicted octanol–water partition coefficient (Wildman–Crippen LogP) is 2.26. The molecule has 1 aromatic rings. The van der Waals surface area contributed by atoms with Crippen LogP contribution in [0.15, 0.2) is 24.3 Å². The molecule has 1 saturated heterocycles. The predicted molar refractivity (Wildman–Crippen MR) is 87.8 cm³/mol. The highest BCUT2D eigenvalue weighted by Gasteiger charge is 2.34. The van der Waals surface area contributed by atoms with Crippen molar-refractivity contribution >= 4 is 5.91 Å². The van der Waals surface area contributed by atoms with Crippen LogP contribution < -0.4 is 15.8 Å². The van der Waals surface area contributed by atoms with E-state index in [9.17, 15) is 18.0 Å². The standard InChI is InChI=1S/C17H24F3N3O2/c1-16(2)11-23(8-7-14(16)21)10-15(24)22-9-12-3-5-13(6-4-12)25-17(18,19)20/h3-6,14H,7-11,21H2,1-2H3,(H,22,24). The number of nitrogens with one attached hydrogen (secondary N) is 1. The lowest BCUT2D eigenvalue weighted by molar-refractivity contribution is -0.274. The van der Waals surface area contributed by atoms with Crippen LogP contribution in [-0.2, 0) is 11.3 Å². The molecule has 1 amide bonds. The molecular formula is C17H24F3N3O2. The second-order valence-electron chi connectivity index (χ2n) is 7.06. The summed E-state index contributed by atoms with van der Waals surface area (Å²) in [6.45, 7) is 6.25. The molecular weight excluding hydrogens is 335 g/mol. The SMILES string of the molecule is CC1(C)CN(CC(=O)NCc2ccc(OC(F)(F)F)cc2)CCC1N. The van der Waals surface area contributed by atoms with Crippen LogP contribution in [0.4, 0.5) is 13.2 Å². The summed E-state index contributed by atoms with van der Waals surface area (Å²) in [7, 11) is 0. The average Bonchev–Trinajstić information content (AvgIpc) is 2.48. The van der Waals surface area contributed by atoms with Crippen LogP contribution in [0.5, 0.6) is 5.75 Å². The van der Waals surface area contributed by atoms with Crippen LogP contribution in [0.25, 0.3) is 0 Å². The Kier molecular flexibility index (Phi) is 5.95. The summed E-state index contributed by atoms with van der Waals surface area (Å²) in [6.07, 6.45) is -3.86. The summed E-state index contributed by atoms with van der Waals surface area (Å²) in [5.74, 6) is -0.406. The second-order valence-corrected chi connectivity index (χ2v) is 7.06. The van der Waals surface area contributed by atoms with Gasteiger partial charge in [-0.3, -0.25) is 9.69 Å². The first-order chi connectivity index (χ1) is 11.5. The number of ether oxygens (including phenoxy) is 1. The number of halogens is 3. The minimum atomic E-state index is -4.71. The zero-order valence-electron chi connectivity index (χ0n) is 14.4. The van der Waals surface area contributed by atoms with E-state index in [4.69, 9.17) is 5.73 Å². The molecule has 3 N–H and O–H groups in total. The summed E-state index contributed by atoms with van der Waals surface area (Å²) < 4.78 is 40.1. The van der Waals surface area contributed by atoms with Crippen molar-refractivity contribution in [2.75, 3.05) is 19.6 Å². The number of carbonyl (C=O) groups is 1. The summed E-state index contributed by atoms with van der Waals surface area (Å²) in [5, 5.41) is 2.78. The second kappa shape index (κ2) is 7.61. The molecule has 0 radical (unpaired) electrons. The van der Waals surface area contributed by atoms with E-state index in [0.29, 0.717) is 5.56 Å². The van der Waals surface area contributed by atoms with E-state index in [2.05, 4.69) is 28.8 Å². The fourth-order valence-corrected chi connectivity index (χ4v) is 2.89. The van der Waals surface area contributed by atoms with Gasteiger partial charge in [-0.05, 0) is 29.5 Å². The van der Waals surface area contributed by atoms with Crippen LogP contribution in [0.3, 0.4) is 0 Å². The number of piperidine rings is 1.